The fourth-order valence-corrected chi connectivity index (χ4v) is 4.27. The number of nitrogens with one attached hydrogen (secondary N) is 2. The molecular weight excluding hydrogens is 289 g/mol. The molecule has 116 valence electrons. The average Bonchev–Trinajstić information content (AvgIpc) is 2.98. The highest BCUT2D eigenvalue weighted by Crippen LogP contribution is 2.43. The van der Waals surface area contributed by atoms with E-state index in [1.807, 2.05) is 6.92 Å². The number of halogens is 3. The number of carbonyl (C=O) groups is 1. The van der Waals surface area contributed by atoms with Crippen LogP contribution in [-0.4, -0.2) is 42.2 Å². The van der Waals surface area contributed by atoms with Crippen molar-refractivity contribution < 1.29 is 18.0 Å². The summed E-state index contributed by atoms with van der Waals surface area (Å²) in [5.74, 6) is 0.0758. The summed E-state index contributed by atoms with van der Waals surface area (Å²) in [6.07, 6.45) is -1.93. The molecule has 0 aromatic heterocycles. The van der Waals surface area contributed by atoms with Gasteiger partial charge in [-0.3, -0.25) is 4.79 Å². The predicted molar refractivity (Wildman–Crippen MR) is 73.7 cm³/mol. The van der Waals surface area contributed by atoms with Crippen LogP contribution in [0.4, 0.5) is 13.2 Å². The van der Waals surface area contributed by atoms with Gasteiger partial charge in [0.05, 0.1) is 0 Å². The van der Waals surface area contributed by atoms with Crippen molar-refractivity contribution in [2.75, 3.05) is 18.8 Å². The number of alkyl halides is 3. The minimum atomic E-state index is -4.49. The van der Waals surface area contributed by atoms with Crippen LogP contribution in [0.15, 0.2) is 0 Å². The Morgan fingerprint density at radius 1 is 1.45 bits per heavy atom. The third-order valence-electron chi connectivity index (χ3n) is 4.28. The Morgan fingerprint density at radius 3 is 2.75 bits per heavy atom. The van der Waals surface area contributed by atoms with E-state index in [9.17, 15) is 18.0 Å². The fraction of sp³-hybridized carbons (Fsp3) is 0.923. The minimum Gasteiger partial charge on any atom is -0.351 e. The molecule has 7 heteroatoms. The molecule has 3 atom stereocenters. The Morgan fingerprint density at radius 2 is 2.20 bits per heavy atom. The lowest BCUT2D eigenvalue weighted by Crippen LogP contribution is -2.55. The number of thioether (sulfide) groups is 1. The largest absolute Gasteiger partial charge is 0.404 e. The molecule has 1 amide bonds. The fourth-order valence-electron chi connectivity index (χ4n) is 3.07. The van der Waals surface area contributed by atoms with Gasteiger partial charge in [0.2, 0.25) is 5.91 Å². The van der Waals surface area contributed by atoms with Crippen molar-refractivity contribution in [3.63, 3.8) is 0 Å². The summed E-state index contributed by atoms with van der Waals surface area (Å²) in [6, 6.07) is -0.118. The highest BCUT2D eigenvalue weighted by atomic mass is 32.2. The maximum Gasteiger partial charge on any atom is 0.404 e. The monoisotopic (exact) mass is 310 g/mol. The van der Waals surface area contributed by atoms with Gasteiger partial charge in [-0.1, -0.05) is 13.3 Å². The van der Waals surface area contributed by atoms with Crippen LogP contribution in [0.25, 0.3) is 0 Å². The molecule has 1 aliphatic heterocycles. The van der Waals surface area contributed by atoms with Crippen LogP contribution in [0.2, 0.25) is 0 Å². The van der Waals surface area contributed by atoms with Crippen molar-refractivity contribution in [1.82, 2.24) is 10.6 Å². The van der Waals surface area contributed by atoms with E-state index >= 15 is 0 Å². The maximum absolute atomic E-state index is 13.3. The van der Waals surface area contributed by atoms with Crippen LogP contribution in [-0.2, 0) is 4.79 Å². The van der Waals surface area contributed by atoms with E-state index in [4.69, 9.17) is 0 Å². The van der Waals surface area contributed by atoms with Crippen molar-refractivity contribution >= 4 is 17.7 Å². The van der Waals surface area contributed by atoms with Crippen molar-refractivity contribution in [1.29, 1.82) is 0 Å². The summed E-state index contributed by atoms with van der Waals surface area (Å²) in [5, 5.41) is 5.61. The summed E-state index contributed by atoms with van der Waals surface area (Å²) >= 11 is 1.73. The van der Waals surface area contributed by atoms with Crippen LogP contribution < -0.4 is 10.6 Å². The molecule has 3 nitrogen and oxygen atoms in total. The first-order valence-electron chi connectivity index (χ1n) is 7.11. The zero-order valence-corrected chi connectivity index (χ0v) is 12.4. The first-order valence-corrected chi connectivity index (χ1v) is 8.15. The van der Waals surface area contributed by atoms with Gasteiger partial charge < -0.3 is 10.6 Å². The summed E-state index contributed by atoms with van der Waals surface area (Å²) in [7, 11) is 0. The number of carbonyl (C=O) groups excluding carboxylic acids is 1. The molecule has 1 heterocycles. The molecule has 20 heavy (non-hydrogen) atoms. The zero-order valence-electron chi connectivity index (χ0n) is 11.6. The molecule has 2 rings (SSSR count). The van der Waals surface area contributed by atoms with E-state index in [-0.39, 0.29) is 30.8 Å². The summed E-state index contributed by atoms with van der Waals surface area (Å²) in [6.45, 7) is 1.96. The molecule has 2 fully saturated rings. The van der Waals surface area contributed by atoms with Crippen LogP contribution in [0.3, 0.4) is 0 Å². The lowest BCUT2D eigenvalue weighted by Gasteiger charge is -2.32. The normalized spacial score (nSPS) is 34.4. The van der Waals surface area contributed by atoms with Crippen LogP contribution >= 0.6 is 11.8 Å². The Kier molecular flexibility index (Phi) is 4.89. The summed E-state index contributed by atoms with van der Waals surface area (Å²) < 4.78 is 39.8. The van der Waals surface area contributed by atoms with E-state index < -0.39 is 17.5 Å². The third-order valence-corrected chi connectivity index (χ3v) is 5.61. The van der Waals surface area contributed by atoms with Gasteiger partial charge in [-0.2, -0.15) is 24.9 Å². The van der Waals surface area contributed by atoms with Crippen LogP contribution in [0.1, 0.15) is 32.6 Å². The number of amides is 1. The van der Waals surface area contributed by atoms with Gasteiger partial charge in [0, 0.05) is 17.8 Å². The molecule has 0 bridgehead atoms. The first kappa shape index (κ1) is 15.9. The predicted octanol–water partition coefficient (Wildman–Crippen LogP) is 2.32. The third kappa shape index (κ3) is 2.93. The zero-order chi connectivity index (χ0) is 14.8. The summed E-state index contributed by atoms with van der Waals surface area (Å²) in [5.41, 5.74) is -2.24. The molecular formula is C13H21F3N2OS. The van der Waals surface area contributed by atoms with E-state index in [1.54, 1.807) is 11.8 Å². The van der Waals surface area contributed by atoms with E-state index in [0.717, 1.165) is 25.0 Å². The Bertz CT molecular complexity index is 356. The van der Waals surface area contributed by atoms with Gasteiger partial charge >= 0.3 is 6.18 Å². The topological polar surface area (TPSA) is 41.1 Å². The van der Waals surface area contributed by atoms with Gasteiger partial charge in [-0.15, -0.1) is 0 Å². The smallest absolute Gasteiger partial charge is 0.351 e. The van der Waals surface area contributed by atoms with Gasteiger partial charge in [0.25, 0.3) is 0 Å². The number of rotatable bonds is 4. The van der Waals surface area contributed by atoms with Crippen molar-refractivity contribution in [2.24, 2.45) is 5.41 Å². The number of hydrogen-bond acceptors (Lipinski definition) is 3. The van der Waals surface area contributed by atoms with Gasteiger partial charge in [0.1, 0.15) is 0 Å². The molecule has 1 saturated carbocycles. The molecule has 0 radical (unpaired) electrons. The van der Waals surface area contributed by atoms with Crippen LogP contribution in [0, 0.1) is 5.41 Å². The maximum atomic E-state index is 13.3. The Labute approximate surface area is 121 Å². The second-order valence-electron chi connectivity index (χ2n) is 5.51. The van der Waals surface area contributed by atoms with Crippen molar-refractivity contribution in [2.45, 2.75) is 50.1 Å². The molecule has 2 aliphatic rings. The lowest BCUT2D eigenvalue weighted by atomic mass is 9.85. The second kappa shape index (κ2) is 6.13. The van der Waals surface area contributed by atoms with Gasteiger partial charge in [0.15, 0.2) is 5.41 Å². The van der Waals surface area contributed by atoms with E-state index in [2.05, 4.69) is 10.6 Å². The highest BCUT2D eigenvalue weighted by molar-refractivity contribution is 7.99. The molecule has 0 aromatic rings. The highest BCUT2D eigenvalue weighted by Gasteiger charge is 2.61. The second-order valence-corrected chi connectivity index (χ2v) is 7.03. The quantitative estimate of drug-likeness (QED) is 0.837. The number of hydrogen-bond donors (Lipinski definition) is 2. The minimum absolute atomic E-state index is 0.118. The molecule has 1 aliphatic carbocycles. The molecule has 1 saturated heterocycles. The summed E-state index contributed by atoms with van der Waals surface area (Å²) in [4.78, 5) is 12.2. The molecule has 3 unspecified atom stereocenters. The molecule has 0 spiro atoms. The molecule has 2 N–H and O–H groups in total. The standard InChI is InChI=1S/C13H21F3N2OS/c1-2-20-10-5-3-4-9(10)18-11(19)12(13(14,15)16)6-7-17-8-12/h9-10,17H,2-8H2,1H3,(H,18,19). The van der Waals surface area contributed by atoms with Crippen LogP contribution in [0.5, 0.6) is 0 Å². The van der Waals surface area contributed by atoms with E-state index in [0.29, 0.717) is 0 Å². The SMILES string of the molecule is CCSC1CCCC1NC(=O)C1(C(F)(F)F)CCNC1. The average molecular weight is 310 g/mol. The Hall–Kier alpha value is -0.430. The van der Waals surface area contributed by atoms with E-state index in [1.165, 1.54) is 0 Å². The first-order chi connectivity index (χ1) is 9.40. The molecule has 0 aromatic carbocycles. The van der Waals surface area contributed by atoms with Gasteiger partial charge in [-0.25, -0.2) is 0 Å². The lowest BCUT2D eigenvalue weighted by molar-refractivity contribution is -0.216. The Balaban J connectivity index is 2.06. The van der Waals surface area contributed by atoms with Crippen molar-refractivity contribution in [3.8, 4) is 0 Å². The van der Waals surface area contributed by atoms with Gasteiger partial charge in [-0.05, 0) is 31.6 Å². The van der Waals surface area contributed by atoms with Crippen molar-refractivity contribution in [3.05, 3.63) is 0 Å².